The minimum atomic E-state index is -0.452. The summed E-state index contributed by atoms with van der Waals surface area (Å²) in [7, 11) is 0. The van der Waals surface area contributed by atoms with Crippen molar-refractivity contribution in [2.45, 2.75) is 45.1 Å². The molecule has 0 bridgehead atoms. The number of carbonyl (C=O) groups is 2. The van der Waals surface area contributed by atoms with Crippen LogP contribution in [0.4, 0.5) is 4.79 Å². The van der Waals surface area contributed by atoms with Crippen LogP contribution in [0.2, 0.25) is 0 Å². The van der Waals surface area contributed by atoms with Gasteiger partial charge in [0.05, 0.1) is 10.2 Å². The van der Waals surface area contributed by atoms with Gasteiger partial charge in [-0.2, -0.15) is 0 Å². The molecule has 122 valence electrons. The number of thiophene rings is 1. The van der Waals surface area contributed by atoms with E-state index in [9.17, 15) is 9.59 Å². The molecule has 0 spiro atoms. The first-order valence-corrected chi connectivity index (χ1v) is 9.41. The predicted molar refractivity (Wildman–Crippen MR) is 92.2 cm³/mol. The first-order valence-electron chi connectivity index (χ1n) is 7.47. The predicted octanol–water partition coefficient (Wildman–Crippen LogP) is 4.44. The van der Waals surface area contributed by atoms with E-state index in [1.54, 1.807) is 16.2 Å². The Morgan fingerprint density at radius 1 is 1.32 bits per heavy atom. The molecule has 1 saturated heterocycles. The standard InChI is InChI=1S/C16H22BrNO3S/c1-16(2,3)21-15(20)18-8-6-11(7-9-18)13-4-5-14(22-13)12(19)10-17/h4-5,11H,6-10H2,1-3H3. The molecule has 1 amide bonds. The highest BCUT2D eigenvalue weighted by Gasteiger charge is 2.28. The van der Waals surface area contributed by atoms with Gasteiger partial charge >= 0.3 is 6.09 Å². The highest BCUT2D eigenvalue weighted by Crippen LogP contribution is 2.33. The fraction of sp³-hybridized carbons (Fsp3) is 0.625. The number of ether oxygens (including phenoxy) is 1. The summed E-state index contributed by atoms with van der Waals surface area (Å²) in [5.74, 6) is 0.558. The largest absolute Gasteiger partial charge is 0.444 e. The third-order valence-corrected chi connectivity index (χ3v) is 5.37. The van der Waals surface area contributed by atoms with Crippen LogP contribution in [0.15, 0.2) is 12.1 Å². The molecule has 2 rings (SSSR count). The average Bonchev–Trinajstić information content (AvgIpc) is 2.94. The SMILES string of the molecule is CC(C)(C)OC(=O)N1CCC(c2ccc(C(=O)CBr)s2)CC1. The number of piperidine rings is 1. The number of nitrogens with zero attached hydrogens (tertiary/aromatic N) is 1. The molecule has 1 aliphatic rings. The van der Waals surface area contributed by atoms with Crippen molar-refractivity contribution in [2.75, 3.05) is 18.4 Å². The zero-order chi connectivity index (χ0) is 16.3. The Bertz CT molecular complexity index is 542. The van der Waals surface area contributed by atoms with Gasteiger partial charge in [0.2, 0.25) is 0 Å². The first-order chi connectivity index (χ1) is 10.3. The van der Waals surface area contributed by atoms with E-state index in [0.717, 1.165) is 17.7 Å². The van der Waals surface area contributed by atoms with E-state index < -0.39 is 5.60 Å². The summed E-state index contributed by atoms with van der Waals surface area (Å²) in [4.78, 5) is 27.6. The summed E-state index contributed by atoms with van der Waals surface area (Å²) < 4.78 is 5.41. The minimum absolute atomic E-state index is 0.127. The highest BCUT2D eigenvalue weighted by molar-refractivity contribution is 9.09. The number of halogens is 1. The van der Waals surface area contributed by atoms with Crippen LogP contribution in [-0.2, 0) is 4.74 Å². The van der Waals surface area contributed by atoms with Crippen molar-refractivity contribution in [2.24, 2.45) is 0 Å². The first kappa shape index (κ1) is 17.5. The Morgan fingerprint density at radius 2 is 1.95 bits per heavy atom. The number of likely N-dealkylation sites (tertiary alicyclic amines) is 1. The lowest BCUT2D eigenvalue weighted by atomic mass is 9.95. The molecule has 1 fully saturated rings. The van der Waals surface area contributed by atoms with E-state index in [-0.39, 0.29) is 11.9 Å². The number of hydrogen-bond donors (Lipinski definition) is 0. The third-order valence-electron chi connectivity index (χ3n) is 3.57. The molecule has 0 aliphatic carbocycles. The fourth-order valence-electron chi connectivity index (χ4n) is 2.46. The van der Waals surface area contributed by atoms with Gasteiger partial charge in [0.1, 0.15) is 5.60 Å². The normalized spacial score (nSPS) is 16.6. The van der Waals surface area contributed by atoms with Crippen LogP contribution < -0.4 is 0 Å². The monoisotopic (exact) mass is 387 g/mol. The topological polar surface area (TPSA) is 46.6 Å². The van der Waals surface area contributed by atoms with Gasteiger partial charge < -0.3 is 9.64 Å². The second-order valence-electron chi connectivity index (χ2n) is 6.50. The molecule has 0 atom stereocenters. The molecule has 0 unspecified atom stereocenters. The third kappa shape index (κ3) is 4.56. The number of hydrogen-bond acceptors (Lipinski definition) is 4. The van der Waals surface area contributed by atoms with Gasteiger partial charge in [-0.15, -0.1) is 11.3 Å². The van der Waals surface area contributed by atoms with E-state index in [4.69, 9.17) is 4.74 Å². The molecule has 6 heteroatoms. The molecule has 22 heavy (non-hydrogen) atoms. The summed E-state index contributed by atoms with van der Waals surface area (Å²) in [5, 5.41) is 0.365. The van der Waals surface area contributed by atoms with Crippen molar-refractivity contribution in [3.05, 3.63) is 21.9 Å². The summed E-state index contributed by atoms with van der Waals surface area (Å²) in [6.07, 6.45) is 1.61. The number of amides is 1. The Morgan fingerprint density at radius 3 is 2.50 bits per heavy atom. The lowest BCUT2D eigenvalue weighted by Crippen LogP contribution is -2.41. The summed E-state index contributed by atoms with van der Waals surface area (Å²) in [6.45, 7) is 7.06. The molecular weight excluding hydrogens is 366 g/mol. The lowest BCUT2D eigenvalue weighted by molar-refractivity contribution is 0.0205. The van der Waals surface area contributed by atoms with E-state index in [1.807, 2.05) is 32.9 Å². The Hall–Kier alpha value is -0.880. The van der Waals surface area contributed by atoms with Crippen LogP contribution in [0, 0.1) is 0 Å². The van der Waals surface area contributed by atoms with Gasteiger partial charge in [0.15, 0.2) is 5.78 Å². The number of carbonyl (C=O) groups excluding carboxylic acids is 2. The van der Waals surface area contributed by atoms with Crippen molar-refractivity contribution in [3.8, 4) is 0 Å². The van der Waals surface area contributed by atoms with Gasteiger partial charge in [0.25, 0.3) is 0 Å². The highest BCUT2D eigenvalue weighted by atomic mass is 79.9. The summed E-state index contributed by atoms with van der Waals surface area (Å²) >= 11 is 4.78. The van der Waals surface area contributed by atoms with Crippen LogP contribution in [0.3, 0.4) is 0 Å². The van der Waals surface area contributed by atoms with Crippen molar-refractivity contribution in [1.82, 2.24) is 4.90 Å². The summed E-state index contributed by atoms with van der Waals surface area (Å²) in [5.41, 5.74) is -0.452. The Kier molecular flexibility index (Phi) is 5.66. The van der Waals surface area contributed by atoms with Gasteiger partial charge in [-0.1, -0.05) is 15.9 Å². The van der Waals surface area contributed by atoms with Gasteiger partial charge in [-0.3, -0.25) is 4.79 Å². The van der Waals surface area contributed by atoms with Crippen LogP contribution in [0.25, 0.3) is 0 Å². The van der Waals surface area contributed by atoms with Crippen molar-refractivity contribution < 1.29 is 14.3 Å². The fourth-order valence-corrected chi connectivity index (χ4v) is 4.06. The number of Topliss-reactive ketones (excluding diaryl/α,β-unsaturated/α-hetero) is 1. The van der Waals surface area contributed by atoms with Crippen molar-refractivity contribution >= 4 is 39.1 Å². The average molecular weight is 388 g/mol. The Labute approximate surface area is 144 Å². The molecule has 0 aromatic carbocycles. The maximum Gasteiger partial charge on any atom is 0.410 e. The second-order valence-corrected chi connectivity index (χ2v) is 8.18. The molecule has 1 aromatic heterocycles. The van der Waals surface area contributed by atoms with E-state index in [0.29, 0.717) is 24.3 Å². The van der Waals surface area contributed by atoms with Crippen LogP contribution >= 0.6 is 27.3 Å². The molecule has 0 radical (unpaired) electrons. The molecule has 0 N–H and O–H groups in total. The van der Waals surface area contributed by atoms with Gasteiger partial charge in [0, 0.05) is 18.0 Å². The Balaban J connectivity index is 1.91. The zero-order valence-electron chi connectivity index (χ0n) is 13.2. The molecular formula is C16H22BrNO3S. The maximum atomic E-state index is 12.0. The number of alkyl halides is 1. The minimum Gasteiger partial charge on any atom is -0.444 e. The van der Waals surface area contributed by atoms with Crippen molar-refractivity contribution in [3.63, 3.8) is 0 Å². The zero-order valence-corrected chi connectivity index (χ0v) is 15.6. The lowest BCUT2D eigenvalue weighted by Gasteiger charge is -2.33. The quantitative estimate of drug-likeness (QED) is 0.568. The van der Waals surface area contributed by atoms with E-state index in [2.05, 4.69) is 15.9 Å². The molecule has 2 heterocycles. The number of ketones is 1. The number of rotatable bonds is 3. The van der Waals surface area contributed by atoms with Crippen LogP contribution in [-0.4, -0.2) is 40.8 Å². The molecule has 4 nitrogen and oxygen atoms in total. The maximum absolute atomic E-state index is 12.0. The van der Waals surface area contributed by atoms with Gasteiger partial charge in [-0.05, 0) is 51.7 Å². The molecule has 1 aromatic rings. The van der Waals surface area contributed by atoms with Gasteiger partial charge in [-0.25, -0.2) is 4.79 Å². The second kappa shape index (κ2) is 7.13. The molecule has 1 aliphatic heterocycles. The van der Waals surface area contributed by atoms with Crippen LogP contribution in [0.5, 0.6) is 0 Å². The van der Waals surface area contributed by atoms with E-state index in [1.165, 1.54) is 4.88 Å². The summed E-state index contributed by atoms with van der Waals surface area (Å²) in [6, 6.07) is 3.96. The smallest absolute Gasteiger partial charge is 0.410 e. The van der Waals surface area contributed by atoms with Crippen LogP contribution in [0.1, 0.15) is 54.1 Å². The van der Waals surface area contributed by atoms with E-state index >= 15 is 0 Å². The molecule has 0 saturated carbocycles. The van der Waals surface area contributed by atoms with Crippen molar-refractivity contribution in [1.29, 1.82) is 0 Å².